The second-order valence-corrected chi connectivity index (χ2v) is 6.88. The van der Waals surface area contributed by atoms with Gasteiger partial charge in [0.05, 0.1) is 9.72 Å². The van der Waals surface area contributed by atoms with E-state index in [1.807, 2.05) is 42.5 Å². The number of nitrogens with zero attached hydrogens (tertiary/aromatic N) is 1. The van der Waals surface area contributed by atoms with E-state index in [0.717, 1.165) is 31.1 Å². The molecule has 0 bridgehead atoms. The van der Waals surface area contributed by atoms with Crippen molar-refractivity contribution in [2.75, 3.05) is 0 Å². The molecule has 0 saturated carbocycles. The van der Waals surface area contributed by atoms with Crippen molar-refractivity contribution in [3.63, 3.8) is 0 Å². The maximum Gasteiger partial charge on any atom is 0.227 e. The molecule has 5 aromatic rings. The Bertz CT molecular complexity index is 1170. The maximum absolute atomic E-state index is 6.31. The molecule has 0 aliphatic heterocycles. The Kier molecular flexibility index (Phi) is 2.75. The van der Waals surface area contributed by atoms with Crippen LogP contribution in [0, 0.1) is 0 Å². The summed E-state index contributed by atoms with van der Waals surface area (Å²) in [6.07, 6.45) is 0. The molecule has 2 heterocycles. The molecule has 110 valence electrons. The van der Waals surface area contributed by atoms with Crippen LogP contribution in [0.1, 0.15) is 0 Å². The summed E-state index contributed by atoms with van der Waals surface area (Å²) in [4.78, 5) is 4.65. The average molecular weight is 336 g/mol. The van der Waals surface area contributed by atoms with E-state index in [-0.39, 0.29) is 0 Å². The summed E-state index contributed by atoms with van der Waals surface area (Å²) >= 11 is 8.00. The van der Waals surface area contributed by atoms with Crippen LogP contribution in [0.15, 0.2) is 65.1 Å². The van der Waals surface area contributed by atoms with Gasteiger partial charge in [0.15, 0.2) is 5.58 Å². The molecule has 0 amide bonds. The van der Waals surface area contributed by atoms with Gasteiger partial charge in [-0.25, -0.2) is 4.98 Å². The second-order valence-electron chi connectivity index (χ2n) is 5.42. The summed E-state index contributed by atoms with van der Waals surface area (Å²) in [7, 11) is 0. The second kappa shape index (κ2) is 4.82. The van der Waals surface area contributed by atoms with E-state index in [4.69, 9.17) is 16.0 Å². The smallest absolute Gasteiger partial charge is 0.227 e. The van der Waals surface area contributed by atoms with Crippen LogP contribution in [-0.2, 0) is 0 Å². The molecule has 3 aromatic carbocycles. The number of aromatic nitrogens is 1. The SMILES string of the molecule is Clc1cccc2c1sc1cc3oc(-c4ccccc4)nc3cc12. The van der Waals surface area contributed by atoms with Crippen LogP contribution in [0.25, 0.3) is 42.7 Å². The van der Waals surface area contributed by atoms with E-state index in [9.17, 15) is 0 Å². The number of hydrogen-bond donors (Lipinski definition) is 0. The molecular weight excluding hydrogens is 326 g/mol. The first-order chi connectivity index (χ1) is 11.3. The number of oxazole rings is 1. The fourth-order valence-electron chi connectivity index (χ4n) is 2.89. The number of thiophene rings is 1. The molecule has 0 aliphatic rings. The zero-order valence-electron chi connectivity index (χ0n) is 11.9. The summed E-state index contributed by atoms with van der Waals surface area (Å²) in [6.45, 7) is 0. The molecule has 0 aliphatic carbocycles. The number of benzene rings is 3. The largest absolute Gasteiger partial charge is 0.436 e. The van der Waals surface area contributed by atoms with E-state index >= 15 is 0 Å². The van der Waals surface area contributed by atoms with Crippen molar-refractivity contribution in [2.24, 2.45) is 0 Å². The Morgan fingerprint density at radius 2 is 1.78 bits per heavy atom. The molecule has 0 fully saturated rings. The lowest BCUT2D eigenvalue weighted by molar-refractivity contribution is 0.620. The summed E-state index contributed by atoms with van der Waals surface area (Å²) in [5, 5.41) is 3.13. The molecule has 0 unspecified atom stereocenters. The van der Waals surface area contributed by atoms with Gasteiger partial charge in [-0.15, -0.1) is 11.3 Å². The van der Waals surface area contributed by atoms with Gasteiger partial charge in [0, 0.05) is 27.1 Å². The molecule has 0 saturated heterocycles. The molecule has 4 heteroatoms. The van der Waals surface area contributed by atoms with Gasteiger partial charge in [-0.2, -0.15) is 0 Å². The van der Waals surface area contributed by atoms with Crippen LogP contribution in [-0.4, -0.2) is 4.98 Å². The Labute approximate surface area is 140 Å². The van der Waals surface area contributed by atoms with Crippen molar-refractivity contribution in [1.82, 2.24) is 4.98 Å². The minimum atomic E-state index is 0.653. The predicted octanol–water partition coefficient (Wildman–Crippen LogP) is 6.52. The minimum Gasteiger partial charge on any atom is -0.436 e. The van der Waals surface area contributed by atoms with Crippen molar-refractivity contribution in [2.45, 2.75) is 0 Å². The zero-order chi connectivity index (χ0) is 15.4. The first-order valence-corrected chi connectivity index (χ1v) is 8.46. The van der Waals surface area contributed by atoms with Gasteiger partial charge in [0.2, 0.25) is 5.89 Å². The van der Waals surface area contributed by atoms with Crippen molar-refractivity contribution in [3.8, 4) is 11.5 Å². The molecular formula is C19H10ClNOS. The predicted molar refractivity (Wildman–Crippen MR) is 97.3 cm³/mol. The molecule has 0 atom stereocenters. The number of halogens is 1. The molecule has 0 radical (unpaired) electrons. The third kappa shape index (κ3) is 1.97. The molecule has 0 N–H and O–H groups in total. The fraction of sp³-hybridized carbons (Fsp3) is 0. The lowest BCUT2D eigenvalue weighted by Crippen LogP contribution is -1.74. The number of rotatable bonds is 1. The topological polar surface area (TPSA) is 26.0 Å². The molecule has 23 heavy (non-hydrogen) atoms. The highest BCUT2D eigenvalue weighted by molar-refractivity contribution is 7.26. The highest BCUT2D eigenvalue weighted by atomic mass is 35.5. The van der Waals surface area contributed by atoms with E-state index < -0.39 is 0 Å². The van der Waals surface area contributed by atoms with Gasteiger partial charge < -0.3 is 4.42 Å². The normalized spacial score (nSPS) is 11.7. The third-order valence-electron chi connectivity index (χ3n) is 3.98. The lowest BCUT2D eigenvalue weighted by Gasteiger charge is -1.92. The van der Waals surface area contributed by atoms with Crippen LogP contribution in [0.2, 0.25) is 5.02 Å². The van der Waals surface area contributed by atoms with Crippen LogP contribution in [0.3, 0.4) is 0 Å². The van der Waals surface area contributed by atoms with E-state index in [1.165, 1.54) is 10.8 Å². The molecule has 2 aromatic heterocycles. The summed E-state index contributed by atoms with van der Waals surface area (Å²) in [5.74, 6) is 0.653. The highest BCUT2D eigenvalue weighted by Crippen LogP contribution is 2.40. The first kappa shape index (κ1) is 13.1. The van der Waals surface area contributed by atoms with Crippen molar-refractivity contribution >= 4 is 54.2 Å². The molecule has 0 spiro atoms. The van der Waals surface area contributed by atoms with E-state index in [0.29, 0.717) is 5.89 Å². The number of hydrogen-bond acceptors (Lipinski definition) is 3. The maximum atomic E-state index is 6.31. The molecule has 2 nitrogen and oxygen atoms in total. The Balaban J connectivity index is 1.81. The Morgan fingerprint density at radius 3 is 2.65 bits per heavy atom. The van der Waals surface area contributed by atoms with E-state index in [2.05, 4.69) is 23.2 Å². The zero-order valence-corrected chi connectivity index (χ0v) is 13.5. The average Bonchev–Trinajstić information content (AvgIpc) is 3.15. The van der Waals surface area contributed by atoms with Gasteiger partial charge in [-0.3, -0.25) is 0 Å². The van der Waals surface area contributed by atoms with Gasteiger partial charge in [-0.1, -0.05) is 41.9 Å². The standard InChI is InChI=1S/C19H10ClNOS/c20-14-8-4-7-12-13-9-15-16(10-17(13)23-18(12)14)22-19(21-15)11-5-2-1-3-6-11/h1-10H. The van der Waals surface area contributed by atoms with Crippen molar-refractivity contribution in [3.05, 3.63) is 65.7 Å². The fourth-order valence-corrected chi connectivity index (χ4v) is 4.30. The molecule has 5 rings (SSSR count). The first-order valence-electron chi connectivity index (χ1n) is 7.26. The summed E-state index contributed by atoms with van der Waals surface area (Å²) < 4.78 is 8.23. The van der Waals surface area contributed by atoms with Crippen LogP contribution in [0.4, 0.5) is 0 Å². The number of fused-ring (bicyclic) bond motifs is 4. The third-order valence-corrected chi connectivity index (χ3v) is 5.61. The van der Waals surface area contributed by atoms with Gasteiger partial charge in [0.25, 0.3) is 0 Å². The lowest BCUT2D eigenvalue weighted by atomic mass is 10.1. The quantitative estimate of drug-likeness (QED) is 0.348. The monoisotopic (exact) mass is 335 g/mol. The van der Waals surface area contributed by atoms with Crippen LogP contribution < -0.4 is 0 Å². The van der Waals surface area contributed by atoms with Crippen LogP contribution >= 0.6 is 22.9 Å². The highest BCUT2D eigenvalue weighted by Gasteiger charge is 2.13. The minimum absolute atomic E-state index is 0.653. The van der Waals surface area contributed by atoms with Crippen molar-refractivity contribution in [1.29, 1.82) is 0 Å². The van der Waals surface area contributed by atoms with Gasteiger partial charge in [-0.05, 0) is 24.3 Å². The van der Waals surface area contributed by atoms with Gasteiger partial charge in [0.1, 0.15) is 5.52 Å². The van der Waals surface area contributed by atoms with E-state index in [1.54, 1.807) is 11.3 Å². The van der Waals surface area contributed by atoms with Gasteiger partial charge >= 0.3 is 0 Å². The Hall–Kier alpha value is -2.36. The summed E-state index contributed by atoms with van der Waals surface area (Å²) in [6, 6.07) is 20.1. The summed E-state index contributed by atoms with van der Waals surface area (Å²) in [5.41, 5.74) is 2.66. The van der Waals surface area contributed by atoms with Crippen LogP contribution in [0.5, 0.6) is 0 Å². The van der Waals surface area contributed by atoms with Crippen molar-refractivity contribution < 1.29 is 4.42 Å². The Morgan fingerprint density at radius 1 is 0.913 bits per heavy atom.